The van der Waals surface area contributed by atoms with Crippen molar-refractivity contribution in [3.8, 4) is 0 Å². The summed E-state index contributed by atoms with van der Waals surface area (Å²) in [5.41, 5.74) is 13.5. The summed E-state index contributed by atoms with van der Waals surface area (Å²) in [5, 5.41) is 16.7. The van der Waals surface area contributed by atoms with Gasteiger partial charge in [0.2, 0.25) is 0 Å². The lowest BCUT2D eigenvalue weighted by atomic mass is 10.1. The van der Waals surface area contributed by atoms with E-state index in [1.54, 1.807) is 6.20 Å². The predicted octanol–water partition coefficient (Wildman–Crippen LogP) is 9.80. The number of rotatable bonds is 5. The highest BCUT2D eigenvalue weighted by molar-refractivity contribution is 5.29. The van der Waals surface area contributed by atoms with Crippen LogP contribution in [-0.2, 0) is 61.6 Å². The highest BCUT2D eigenvalue weighted by Gasteiger charge is 2.17. The standard InChI is InChI=1S/C10H14N2.C10H16N2.C10H13NO.C9H14N2O.C7H10N2/c1-7(2)10-6-11-8-4-3-5-9(8)12-10;1-8(2)10-7-9-5-3-4-6-12(9)11-10;1-7(2)10-3-8-5-12-6-9(8)4-11-10;1-7(2)9-5-8-6-12-4-3-11(8)10-9;1-6(2)7-4-3-5-8-9-7/h6-7H,3-5H2,1-2H3;7-8H,3-6H2,1-2H3;3-4,7H,5-6H2,1-2H3;5,7H,3-4,6H2,1-2H3;3-6H,1-2H3. The maximum absolute atomic E-state index is 5.33. The van der Waals surface area contributed by atoms with Crippen molar-refractivity contribution >= 4 is 0 Å². The maximum Gasteiger partial charge on any atom is 0.0885 e. The van der Waals surface area contributed by atoms with Crippen molar-refractivity contribution in [2.45, 2.75) is 170 Å². The number of nitrogens with zero attached hydrogens (tertiary/aromatic N) is 9. The first-order valence-electron chi connectivity index (χ1n) is 21.3. The number of fused-ring (bicyclic) bond motifs is 4. The Morgan fingerprint density at radius 2 is 1.19 bits per heavy atom. The number of aryl methyl sites for hydroxylation is 4. The zero-order valence-corrected chi connectivity index (χ0v) is 36.3. The number of hydrogen-bond acceptors (Lipinski definition) is 9. The van der Waals surface area contributed by atoms with E-state index < -0.39 is 0 Å². The minimum absolute atomic E-state index is 0.485. The molecule has 4 aliphatic rings. The normalized spacial score (nSPS) is 15.0. The molecular weight excluding hydrogens is 711 g/mol. The summed E-state index contributed by atoms with van der Waals surface area (Å²) in [4.78, 5) is 13.4. The third-order valence-electron chi connectivity index (χ3n) is 10.5. The summed E-state index contributed by atoms with van der Waals surface area (Å²) in [6, 6.07) is 10.5. The first kappa shape index (κ1) is 43.8. The van der Waals surface area contributed by atoms with Gasteiger partial charge in [-0.15, -0.1) is 0 Å². The van der Waals surface area contributed by atoms with E-state index in [1.165, 1.54) is 76.7 Å². The van der Waals surface area contributed by atoms with E-state index in [0.717, 1.165) is 63.7 Å². The van der Waals surface area contributed by atoms with Gasteiger partial charge in [-0.1, -0.05) is 69.2 Å². The molecule has 308 valence electrons. The van der Waals surface area contributed by atoms with Gasteiger partial charge in [0.1, 0.15) is 0 Å². The van der Waals surface area contributed by atoms with Crippen molar-refractivity contribution in [3.05, 3.63) is 111 Å². The Hall–Kier alpha value is -4.35. The van der Waals surface area contributed by atoms with Gasteiger partial charge < -0.3 is 9.47 Å². The number of aromatic nitrogens is 9. The fourth-order valence-electron chi connectivity index (χ4n) is 6.71. The van der Waals surface area contributed by atoms with E-state index in [1.807, 2.05) is 24.5 Å². The van der Waals surface area contributed by atoms with Crippen molar-refractivity contribution in [2.24, 2.45) is 0 Å². The predicted molar refractivity (Wildman–Crippen MR) is 226 cm³/mol. The zero-order valence-electron chi connectivity index (χ0n) is 36.3. The Bertz CT molecular complexity index is 1800. The molecule has 5 aromatic rings. The van der Waals surface area contributed by atoms with Gasteiger partial charge in [-0.05, 0) is 104 Å². The van der Waals surface area contributed by atoms with E-state index in [9.17, 15) is 0 Å². The molecule has 0 aromatic carbocycles. The third-order valence-corrected chi connectivity index (χ3v) is 10.5. The van der Waals surface area contributed by atoms with Crippen LogP contribution in [0, 0.1) is 0 Å². The van der Waals surface area contributed by atoms with Crippen molar-refractivity contribution in [1.82, 2.24) is 44.7 Å². The highest BCUT2D eigenvalue weighted by atomic mass is 16.5. The molecule has 0 fully saturated rings. The second kappa shape index (κ2) is 21.4. The molecule has 0 saturated heterocycles. The molecule has 11 heteroatoms. The Kier molecular flexibility index (Phi) is 16.4. The second-order valence-corrected chi connectivity index (χ2v) is 16.9. The summed E-state index contributed by atoms with van der Waals surface area (Å²) in [6.45, 7) is 26.6. The molecule has 9 rings (SSSR count). The average molecular weight is 778 g/mol. The van der Waals surface area contributed by atoms with Crippen LogP contribution < -0.4 is 0 Å². The van der Waals surface area contributed by atoms with Gasteiger partial charge >= 0.3 is 0 Å². The number of pyridine rings is 1. The highest BCUT2D eigenvalue weighted by Crippen LogP contribution is 2.23. The largest absolute Gasteiger partial charge is 0.373 e. The average Bonchev–Trinajstić information content (AvgIpc) is 4.04. The zero-order chi connectivity index (χ0) is 40.9. The summed E-state index contributed by atoms with van der Waals surface area (Å²) in [5.74, 6) is 2.59. The first-order valence-corrected chi connectivity index (χ1v) is 21.3. The molecule has 0 atom stereocenters. The van der Waals surface area contributed by atoms with E-state index in [0.29, 0.717) is 29.6 Å². The van der Waals surface area contributed by atoms with Crippen molar-refractivity contribution in [2.75, 3.05) is 6.61 Å². The minimum atomic E-state index is 0.485. The first-order chi connectivity index (χ1) is 27.4. The molecule has 0 spiro atoms. The monoisotopic (exact) mass is 778 g/mol. The number of ether oxygens (including phenoxy) is 2. The molecule has 3 aliphatic heterocycles. The Balaban J connectivity index is 0.000000137. The topological polar surface area (TPSA) is 119 Å². The van der Waals surface area contributed by atoms with Crippen molar-refractivity contribution < 1.29 is 9.47 Å². The van der Waals surface area contributed by atoms with Crippen LogP contribution in [0.4, 0.5) is 0 Å². The molecule has 11 nitrogen and oxygen atoms in total. The molecule has 0 amide bonds. The Labute approximate surface area is 341 Å². The molecule has 0 saturated carbocycles. The molecule has 1 aliphatic carbocycles. The van der Waals surface area contributed by atoms with Crippen LogP contribution in [0.25, 0.3) is 0 Å². The number of hydrogen-bond donors (Lipinski definition) is 0. The molecular formula is C46H67N9O2. The lowest BCUT2D eigenvalue weighted by Crippen LogP contribution is -2.16. The summed E-state index contributed by atoms with van der Waals surface area (Å²) in [6.07, 6.45) is 12.9. The van der Waals surface area contributed by atoms with Gasteiger partial charge in [0.15, 0.2) is 0 Å². The van der Waals surface area contributed by atoms with Crippen LogP contribution in [0.1, 0.15) is 180 Å². The SMILES string of the molecule is CC(C)c1cc2c(cn1)COC2.CC(C)c1cc2n(n1)CCCC2.CC(C)c1cc2n(n1)CCOC2.CC(C)c1cccnn1.CC(C)c1cnc2c(n1)CCC2. The molecule has 8 heterocycles. The van der Waals surface area contributed by atoms with Crippen LogP contribution in [-0.4, -0.2) is 51.3 Å². The lowest BCUT2D eigenvalue weighted by Gasteiger charge is -2.13. The second-order valence-electron chi connectivity index (χ2n) is 16.9. The molecule has 57 heavy (non-hydrogen) atoms. The van der Waals surface area contributed by atoms with Crippen LogP contribution in [0.3, 0.4) is 0 Å². The summed E-state index contributed by atoms with van der Waals surface area (Å²) < 4.78 is 14.9. The lowest BCUT2D eigenvalue weighted by molar-refractivity contribution is 0.0800. The fraction of sp³-hybridized carbons (Fsp3) is 0.587. The van der Waals surface area contributed by atoms with Crippen LogP contribution in [0.5, 0.6) is 0 Å². The van der Waals surface area contributed by atoms with Crippen LogP contribution in [0.15, 0.2) is 48.9 Å². The molecule has 0 bridgehead atoms. The maximum atomic E-state index is 5.33. The van der Waals surface area contributed by atoms with Crippen molar-refractivity contribution in [3.63, 3.8) is 0 Å². The Morgan fingerprint density at radius 1 is 0.544 bits per heavy atom. The van der Waals surface area contributed by atoms with Gasteiger partial charge in [-0.25, -0.2) is 0 Å². The van der Waals surface area contributed by atoms with Gasteiger partial charge in [-0.2, -0.15) is 20.4 Å². The summed E-state index contributed by atoms with van der Waals surface area (Å²) >= 11 is 0. The minimum Gasteiger partial charge on any atom is -0.373 e. The summed E-state index contributed by atoms with van der Waals surface area (Å²) in [7, 11) is 0. The van der Waals surface area contributed by atoms with E-state index in [-0.39, 0.29) is 0 Å². The van der Waals surface area contributed by atoms with Gasteiger partial charge in [-0.3, -0.25) is 24.3 Å². The fourth-order valence-corrected chi connectivity index (χ4v) is 6.71. The van der Waals surface area contributed by atoms with E-state index in [2.05, 4.69) is 132 Å². The Morgan fingerprint density at radius 3 is 1.81 bits per heavy atom. The van der Waals surface area contributed by atoms with Crippen molar-refractivity contribution in [1.29, 1.82) is 0 Å². The van der Waals surface area contributed by atoms with Gasteiger partial charge in [0, 0.05) is 42.1 Å². The van der Waals surface area contributed by atoms with E-state index in [4.69, 9.17) is 9.47 Å². The van der Waals surface area contributed by atoms with Gasteiger partial charge in [0.05, 0.1) is 72.8 Å². The smallest absolute Gasteiger partial charge is 0.0885 e. The quantitative estimate of drug-likeness (QED) is 0.172. The van der Waals surface area contributed by atoms with E-state index >= 15 is 0 Å². The molecule has 0 N–H and O–H groups in total. The van der Waals surface area contributed by atoms with Crippen LogP contribution >= 0.6 is 0 Å². The van der Waals surface area contributed by atoms with Gasteiger partial charge in [0.25, 0.3) is 0 Å². The molecule has 5 aromatic heterocycles. The van der Waals surface area contributed by atoms with Crippen LogP contribution in [0.2, 0.25) is 0 Å². The molecule has 0 radical (unpaired) electrons. The molecule has 0 unspecified atom stereocenters. The third kappa shape index (κ3) is 12.8.